The number of nitrogens with zero attached hydrogens (tertiary/aromatic N) is 2. The van der Waals surface area contributed by atoms with Crippen molar-refractivity contribution in [1.29, 1.82) is 5.26 Å². The normalized spacial score (nSPS) is 24.2. The summed E-state index contributed by atoms with van der Waals surface area (Å²) in [5.74, 6) is -0.265. The Kier molecular flexibility index (Phi) is 4.64. The lowest BCUT2D eigenvalue weighted by Gasteiger charge is -2.26. The van der Waals surface area contributed by atoms with Crippen molar-refractivity contribution < 1.29 is 14.0 Å². The van der Waals surface area contributed by atoms with E-state index in [0.717, 1.165) is 0 Å². The molecule has 1 saturated heterocycles. The first kappa shape index (κ1) is 16.0. The summed E-state index contributed by atoms with van der Waals surface area (Å²) in [6.07, 6.45) is -0.557. The van der Waals surface area contributed by atoms with Gasteiger partial charge in [0.05, 0.1) is 24.6 Å². The molecule has 1 rings (SSSR count). The Bertz CT molecular complexity index is 379. The third-order valence-electron chi connectivity index (χ3n) is 2.59. The highest BCUT2D eigenvalue weighted by Gasteiger charge is 2.39. The maximum Gasteiger partial charge on any atom is 0.410 e. The highest BCUT2D eigenvalue weighted by atomic mass is 28.4. The van der Waals surface area contributed by atoms with Crippen molar-refractivity contribution in [1.82, 2.24) is 4.90 Å². The van der Waals surface area contributed by atoms with Gasteiger partial charge >= 0.3 is 6.09 Å². The maximum atomic E-state index is 12.0. The largest absolute Gasteiger partial charge is 0.444 e. The summed E-state index contributed by atoms with van der Waals surface area (Å²) in [5.41, 5.74) is -0.517. The van der Waals surface area contributed by atoms with Crippen molar-refractivity contribution in [3.63, 3.8) is 0 Å². The predicted molar refractivity (Wildman–Crippen MR) is 75.1 cm³/mol. The summed E-state index contributed by atoms with van der Waals surface area (Å²) in [7, 11) is -1.72. The number of rotatable bonds is 2. The van der Waals surface area contributed by atoms with Crippen LogP contribution in [0.2, 0.25) is 19.6 Å². The molecule has 5 nitrogen and oxygen atoms in total. The zero-order valence-corrected chi connectivity index (χ0v) is 13.7. The molecular formula is C13H24N2O3Si. The van der Waals surface area contributed by atoms with Gasteiger partial charge in [0.25, 0.3) is 0 Å². The van der Waals surface area contributed by atoms with Crippen LogP contribution in [-0.2, 0) is 9.16 Å². The molecule has 0 unspecified atom stereocenters. The van der Waals surface area contributed by atoms with E-state index in [-0.39, 0.29) is 18.1 Å². The van der Waals surface area contributed by atoms with Crippen LogP contribution in [0.3, 0.4) is 0 Å². The van der Waals surface area contributed by atoms with Crippen LogP contribution in [0.4, 0.5) is 4.79 Å². The molecule has 0 aromatic carbocycles. The topological polar surface area (TPSA) is 62.6 Å². The van der Waals surface area contributed by atoms with Gasteiger partial charge in [-0.05, 0) is 40.4 Å². The van der Waals surface area contributed by atoms with Crippen LogP contribution in [0, 0.1) is 17.2 Å². The highest BCUT2D eigenvalue weighted by Crippen LogP contribution is 2.24. The number of likely N-dealkylation sites (tertiary alicyclic amines) is 1. The first-order valence-electron chi connectivity index (χ1n) is 6.57. The van der Waals surface area contributed by atoms with Crippen molar-refractivity contribution in [2.75, 3.05) is 13.1 Å². The predicted octanol–water partition coefficient (Wildman–Crippen LogP) is 2.60. The fourth-order valence-corrected chi connectivity index (χ4v) is 3.09. The average molecular weight is 284 g/mol. The summed E-state index contributed by atoms with van der Waals surface area (Å²) in [6, 6.07) is 2.23. The van der Waals surface area contributed by atoms with Gasteiger partial charge in [0.2, 0.25) is 0 Å². The van der Waals surface area contributed by atoms with Gasteiger partial charge in [-0.1, -0.05) is 0 Å². The van der Waals surface area contributed by atoms with E-state index in [4.69, 9.17) is 9.16 Å². The minimum Gasteiger partial charge on any atom is -0.444 e. The standard InChI is InChI=1S/C13H24N2O3Si/c1-13(2,3)17-12(16)15-8-10(7-14)11(9-15)18-19(4,5)6/h10-11H,8-9H2,1-6H3/t10-,11-/m0/s1. The van der Waals surface area contributed by atoms with Gasteiger partial charge in [-0.2, -0.15) is 5.26 Å². The molecule has 1 fully saturated rings. The molecule has 0 N–H and O–H groups in total. The Morgan fingerprint density at radius 2 is 1.89 bits per heavy atom. The molecule has 1 aliphatic heterocycles. The van der Waals surface area contributed by atoms with Gasteiger partial charge in [0.15, 0.2) is 8.32 Å². The van der Waals surface area contributed by atoms with Crippen LogP contribution in [0.25, 0.3) is 0 Å². The van der Waals surface area contributed by atoms with Gasteiger partial charge in [-0.25, -0.2) is 4.79 Å². The van der Waals surface area contributed by atoms with Gasteiger partial charge in [-0.3, -0.25) is 0 Å². The third kappa shape index (κ3) is 5.21. The molecule has 0 aromatic rings. The molecule has 2 atom stereocenters. The molecule has 1 heterocycles. The molecule has 6 heteroatoms. The first-order chi connectivity index (χ1) is 8.52. The molecular weight excluding hydrogens is 260 g/mol. The Hall–Kier alpha value is -1.06. The Morgan fingerprint density at radius 1 is 1.32 bits per heavy atom. The minimum absolute atomic E-state index is 0.191. The lowest BCUT2D eigenvalue weighted by atomic mass is 10.1. The maximum absolute atomic E-state index is 12.0. The van der Waals surface area contributed by atoms with Crippen molar-refractivity contribution >= 4 is 14.4 Å². The molecule has 0 saturated carbocycles. The number of carbonyl (C=O) groups is 1. The molecule has 1 amide bonds. The van der Waals surface area contributed by atoms with E-state index >= 15 is 0 Å². The second-order valence-electron chi connectivity index (χ2n) is 6.89. The zero-order valence-electron chi connectivity index (χ0n) is 12.7. The van der Waals surface area contributed by atoms with E-state index in [2.05, 4.69) is 25.7 Å². The number of hydrogen-bond donors (Lipinski definition) is 0. The molecule has 0 bridgehead atoms. The summed E-state index contributed by atoms with van der Waals surface area (Å²) in [6.45, 7) is 12.6. The monoisotopic (exact) mass is 284 g/mol. The van der Waals surface area contributed by atoms with E-state index in [9.17, 15) is 10.1 Å². The van der Waals surface area contributed by atoms with Gasteiger partial charge in [0.1, 0.15) is 5.60 Å². The van der Waals surface area contributed by atoms with Crippen molar-refractivity contribution in [2.45, 2.75) is 52.1 Å². The quantitative estimate of drug-likeness (QED) is 0.731. The number of carbonyl (C=O) groups excluding carboxylic acids is 1. The second kappa shape index (κ2) is 5.51. The summed E-state index contributed by atoms with van der Waals surface area (Å²) < 4.78 is 11.3. The minimum atomic E-state index is -1.72. The molecule has 0 spiro atoms. The van der Waals surface area contributed by atoms with Crippen LogP contribution in [0.15, 0.2) is 0 Å². The Morgan fingerprint density at radius 3 is 2.32 bits per heavy atom. The lowest BCUT2D eigenvalue weighted by molar-refractivity contribution is 0.0273. The average Bonchev–Trinajstić information content (AvgIpc) is 2.55. The van der Waals surface area contributed by atoms with Crippen molar-refractivity contribution in [3.05, 3.63) is 0 Å². The van der Waals surface area contributed by atoms with Crippen LogP contribution < -0.4 is 0 Å². The second-order valence-corrected chi connectivity index (χ2v) is 11.4. The molecule has 0 aliphatic carbocycles. The van der Waals surface area contributed by atoms with E-state index < -0.39 is 13.9 Å². The zero-order chi connectivity index (χ0) is 14.8. The number of hydrogen-bond acceptors (Lipinski definition) is 4. The molecule has 0 radical (unpaired) electrons. The number of amides is 1. The fourth-order valence-electron chi connectivity index (χ4n) is 1.95. The van der Waals surface area contributed by atoms with E-state index in [1.54, 1.807) is 4.90 Å². The van der Waals surface area contributed by atoms with Crippen LogP contribution >= 0.6 is 0 Å². The van der Waals surface area contributed by atoms with Gasteiger partial charge in [0, 0.05) is 6.54 Å². The Labute approximate surface area is 116 Å². The fraction of sp³-hybridized carbons (Fsp3) is 0.846. The Balaban J connectivity index is 2.67. The van der Waals surface area contributed by atoms with E-state index in [0.29, 0.717) is 13.1 Å². The lowest BCUT2D eigenvalue weighted by Crippen LogP contribution is -2.38. The molecule has 1 aliphatic rings. The molecule has 19 heavy (non-hydrogen) atoms. The first-order valence-corrected chi connectivity index (χ1v) is 9.98. The van der Waals surface area contributed by atoms with Crippen LogP contribution in [-0.4, -0.2) is 44.1 Å². The molecule has 0 aromatic heterocycles. The number of nitriles is 1. The van der Waals surface area contributed by atoms with Crippen LogP contribution in [0.5, 0.6) is 0 Å². The highest BCUT2D eigenvalue weighted by molar-refractivity contribution is 6.69. The van der Waals surface area contributed by atoms with Gasteiger partial charge < -0.3 is 14.1 Å². The molecule has 108 valence electrons. The summed E-state index contributed by atoms with van der Waals surface area (Å²) >= 11 is 0. The summed E-state index contributed by atoms with van der Waals surface area (Å²) in [5, 5.41) is 9.17. The van der Waals surface area contributed by atoms with Gasteiger partial charge in [-0.15, -0.1) is 0 Å². The smallest absolute Gasteiger partial charge is 0.410 e. The summed E-state index contributed by atoms with van der Waals surface area (Å²) in [4.78, 5) is 13.6. The van der Waals surface area contributed by atoms with Crippen molar-refractivity contribution in [2.24, 2.45) is 5.92 Å². The van der Waals surface area contributed by atoms with Crippen molar-refractivity contribution in [3.8, 4) is 6.07 Å². The SMILES string of the molecule is CC(C)(C)OC(=O)N1C[C@H](O[Si](C)(C)C)[C@@H](C#N)C1. The third-order valence-corrected chi connectivity index (χ3v) is 3.60. The van der Waals surface area contributed by atoms with E-state index in [1.807, 2.05) is 20.8 Å². The number of ether oxygens (including phenoxy) is 1. The van der Waals surface area contributed by atoms with Crippen LogP contribution in [0.1, 0.15) is 20.8 Å². The van der Waals surface area contributed by atoms with E-state index in [1.165, 1.54) is 0 Å².